The average Bonchev–Trinajstić information content (AvgIpc) is 3.04. The number of hydrogen-bond acceptors (Lipinski definition) is 4. The molecule has 0 bridgehead atoms. The van der Waals surface area contributed by atoms with Crippen molar-refractivity contribution in [2.75, 3.05) is 18.0 Å². The molecule has 6 heteroatoms. The molecule has 1 aromatic carbocycles. The lowest BCUT2D eigenvalue weighted by molar-refractivity contribution is -0.124. The van der Waals surface area contributed by atoms with Crippen molar-refractivity contribution in [1.82, 2.24) is 4.90 Å². The lowest BCUT2D eigenvalue weighted by Gasteiger charge is -2.42. The van der Waals surface area contributed by atoms with Crippen molar-refractivity contribution in [3.05, 3.63) is 40.5 Å². The van der Waals surface area contributed by atoms with Crippen LogP contribution in [-0.2, 0) is 9.59 Å². The minimum absolute atomic E-state index is 0.00910. The van der Waals surface area contributed by atoms with Gasteiger partial charge in [0.1, 0.15) is 0 Å². The number of amides is 2. The summed E-state index contributed by atoms with van der Waals surface area (Å²) in [6.45, 7) is 6.43. The average molecular weight is 421 g/mol. The summed E-state index contributed by atoms with van der Waals surface area (Å²) < 4.78 is 0. The van der Waals surface area contributed by atoms with Gasteiger partial charge in [-0.15, -0.1) is 0 Å². The molecule has 0 spiro atoms. The van der Waals surface area contributed by atoms with Gasteiger partial charge in [0.25, 0.3) is 0 Å². The van der Waals surface area contributed by atoms with Crippen LogP contribution < -0.4 is 10.6 Å². The van der Waals surface area contributed by atoms with E-state index in [4.69, 9.17) is 5.73 Å². The Hall–Kier alpha value is -2.65. The molecule has 1 saturated heterocycles. The van der Waals surface area contributed by atoms with Gasteiger partial charge in [0.15, 0.2) is 0 Å². The summed E-state index contributed by atoms with van der Waals surface area (Å²) in [7, 11) is 0. The van der Waals surface area contributed by atoms with E-state index in [0.717, 1.165) is 37.2 Å². The molecule has 31 heavy (non-hydrogen) atoms. The Morgan fingerprint density at radius 3 is 2.39 bits per heavy atom. The molecule has 1 saturated carbocycles. The first-order valence-corrected chi connectivity index (χ1v) is 11.4. The molecule has 3 aliphatic rings. The van der Waals surface area contributed by atoms with Gasteiger partial charge in [-0.05, 0) is 76.1 Å². The number of fused-ring (bicyclic) bond motifs is 1. The molecule has 2 heterocycles. The number of likely N-dealkylation sites (tertiary alicyclic amines) is 1. The Morgan fingerprint density at radius 1 is 1.13 bits per heavy atom. The van der Waals surface area contributed by atoms with Gasteiger partial charge < -0.3 is 15.5 Å². The highest BCUT2D eigenvalue weighted by atomic mass is 16.2. The zero-order valence-corrected chi connectivity index (χ0v) is 18.6. The Bertz CT molecular complexity index is 939. The highest BCUT2D eigenvalue weighted by Gasteiger charge is 2.42. The normalized spacial score (nSPS) is 24.7. The number of allylic oxidation sites excluding steroid dienone is 2. The Kier molecular flexibility index (Phi) is 6.15. The standard InChI is InChI=1S/C25H32N4O2/c1-16(2)18-4-6-19(7-5-18)28-11-9-20(10-12-28)29-23-8-3-17(15-26)13-21(23)22(25(29)31)14-24(27)30/h3,8,13,19-20,22H,4-7,9-12,14H2,1-2H3,(H2,27,30). The summed E-state index contributed by atoms with van der Waals surface area (Å²) in [6, 6.07) is 8.28. The van der Waals surface area contributed by atoms with Crippen LogP contribution in [0.1, 0.15) is 75.8 Å². The fourth-order valence-corrected chi connectivity index (χ4v) is 5.64. The second-order valence-corrected chi connectivity index (χ2v) is 9.42. The number of nitrogens with two attached hydrogens (primary N) is 1. The topological polar surface area (TPSA) is 90.4 Å². The van der Waals surface area contributed by atoms with Crippen molar-refractivity contribution in [3.63, 3.8) is 0 Å². The van der Waals surface area contributed by atoms with Gasteiger partial charge in [0, 0.05) is 37.3 Å². The van der Waals surface area contributed by atoms with E-state index in [1.165, 1.54) is 31.3 Å². The number of anilines is 1. The summed E-state index contributed by atoms with van der Waals surface area (Å²) >= 11 is 0. The minimum atomic E-state index is -0.570. The fourth-order valence-electron chi connectivity index (χ4n) is 5.64. The molecule has 2 N–H and O–H groups in total. The second kappa shape index (κ2) is 8.84. The van der Waals surface area contributed by atoms with Crippen LogP contribution in [0, 0.1) is 11.3 Å². The third kappa shape index (κ3) is 4.24. The third-order valence-electron chi connectivity index (χ3n) is 7.38. The predicted octanol–water partition coefficient (Wildman–Crippen LogP) is 3.61. The van der Waals surface area contributed by atoms with Crippen molar-refractivity contribution in [3.8, 4) is 6.07 Å². The van der Waals surface area contributed by atoms with Gasteiger partial charge >= 0.3 is 0 Å². The van der Waals surface area contributed by atoms with Crippen molar-refractivity contribution in [1.29, 1.82) is 5.26 Å². The molecule has 2 amide bonds. The molecule has 164 valence electrons. The first-order valence-electron chi connectivity index (χ1n) is 11.4. The summed E-state index contributed by atoms with van der Waals surface area (Å²) in [5, 5.41) is 9.27. The number of hydrogen-bond donors (Lipinski definition) is 1. The van der Waals surface area contributed by atoms with Gasteiger partial charge in [0.2, 0.25) is 11.8 Å². The van der Waals surface area contributed by atoms with Crippen molar-refractivity contribution >= 4 is 17.5 Å². The number of carbonyl (C=O) groups is 2. The van der Waals surface area contributed by atoms with E-state index in [-0.39, 0.29) is 18.4 Å². The highest BCUT2D eigenvalue weighted by molar-refractivity contribution is 6.07. The van der Waals surface area contributed by atoms with Crippen LogP contribution in [0.25, 0.3) is 0 Å². The first kappa shape index (κ1) is 21.6. The Labute approximate surface area is 184 Å². The predicted molar refractivity (Wildman–Crippen MR) is 120 cm³/mol. The third-order valence-corrected chi connectivity index (χ3v) is 7.38. The molecule has 2 fully saturated rings. The maximum Gasteiger partial charge on any atom is 0.235 e. The first-order chi connectivity index (χ1) is 14.9. The SMILES string of the molecule is CC(C)=C1CCC(N2CCC(N3C(=O)C(CC(N)=O)c4cc(C#N)ccc43)CC2)CC1. The number of primary amides is 1. The lowest BCUT2D eigenvalue weighted by Crippen LogP contribution is -2.50. The molecule has 0 aromatic heterocycles. The molecule has 1 aromatic rings. The van der Waals surface area contributed by atoms with Crippen LogP contribution >= 0.6 is 0 Å². The lowest BCUT2D eigenvalue weighted by atomic mass is 9.86. The zero-order valence-electron chi connectivity index (χ0n) is 18.6. The molecule has 6 nitrogen and oxygen atoms in total. The second-order valence-electron chi connectivity index (χ2n) is 9.42. The molecule has 0 radical (unpaired) electrons. The quantitative estimate of drug-likeness (QED) is 0.754. The smallest absolute Gasteiger partial charge is 0.235 e. The van der Waals surface area contributed by atoms with Crippen LogP contribution in [0.2, 0.25) is 0 Å². The number of carbonyl (C=O) groups excluding carboxylic acids is 2. The molecule has 4 rings (SSSR count). The van der Waals surface area contributed by atoms with E-state index in [0.29, 0.717) is 11.6 Å². The van der Waals surface area contributed by atoms with E-state index < -0.39 is 11.8 Å². The van der Waals surface area contributed by atoms with E-state index >= 15 is 0 Å². The molecular formula is C25H32N4O2. The van der Waals surface area contributed by atoms with Gasteiger partial charge in [-0.3, -0.25) is 9.59 Å². The molecule has 1 unspecified atom stereocenters. The molecule has 1 aliphatic carbocycles. The van der Waals surface area contributed by atoms with E-state index in [1.807, 2.05) is 11.0 Å². The van der Waals surface area contributed by atoms with Crippen LogP contribution in [0.3, 0.4) is 0 Å². The van der Waals surface area contributed by atoms with Crippen LogP contribution in [0.15, 0.2) is 29.3 Å². The largest absolute Gasteiger partial charge is 0.370 e. The molecular weight excluding hydrogens is 388 g/mol. The summed E-state index contributed by atoms with van der Waals surface area (Å²) in [5.74, 6) is -1.11. The van der Waals surface area contributed by atoms with E-state index in [9.17, 15) is 14.9 Å². The summed E-state index contributed by atoms with van der Waals surface area (Å²) in [4.78, 5) is 29.4. The number of piperidine rings is 1. The van der Waals surface area contributed by atoms with E-state index in [2.05, 4.69) is 24.8 Å². The highest BCUT2D eigenvalue weighted by Crippen LogP contribution is 2.42. The van der Waals surface area contributed by atoms with E-state index in [1.54, 1.807) is 17.7 Å². The van der Waals surface area contributed by atoms with Crippen molar-refractivity contribution in [2.45, 2.75) is 76.8 Å². The molecule has 2 aliphatic heterocycles. The monoisotopic (exact) mass is 420 g/mol. The number of rotatable bonds is 4. The Balaban J connectivity index is 1.46. The Morgan fingerprint density at radius 2 is 1.81 bits per heavy atom. The van der Waals surface area contributed by atoms with Gasteiger partial charge in [-0.1, -0.05) is 11.1 Å². The maximum atomic E-state index is 13.3. The fraction of sp³-hybridized carbons (Fsp3) is 0.560. The van der Waals surface area contributed by atoms with Gasteiger partial charge in [0.05, 0.1) is 17.6 Å². The number of nitriles is 1. The minimum Gasteiger partial charge on any atom is -0.370 e. The zero-order chi connectivity index (χ0) is 22.1. The van der Waals surface area contributed by atoms with Gasteiger partial charge in [-0.2, -0.15) is 5.26 Å². The number of nitrogens with zero attached hydrogens (tertiary/aromatic N) is 3. The molecule has 1 atom stereocenters. The van der Waals surface area contributed by atoms with Crippen LogP contribution in [-0.4, -0.2) is 41.9 Å². The van der Waals surface area contributed by atoms with Crippen molar-refractivity contribution < 1.29 is 9.59 Å². The summed E-state index contributed by atoms with van der Waals surface area (Å²) in [5.41, 5.74) is 10.7. The van der Waals surface area contributed by atoms with Crippen LogP contribution in [0.5, 0.6) is 0 Å². The number of benzene rings is 1. The van der Waals surface area contributed by atoms with Crippen molar-refractivity contribution in [2.24, 2.45) is 5.73 Å². The maximum absolute atomic E-state index is 13.3. The van der Waals surface area contributed by atoms with Crippen LogP contribution in [0.4, 0.5) is 5.69 Å². The van der Waals surface area contributed by atoms with Gasteiger partial charge in [-0.25, -0.2) is 0 Å². The summed E-state index contributed by atoms with van der Waals surface area (Å²) in [6.07, 6.45) is 6.73.